The van der Waals surface area contributed by atoms with Crippen LogP contribution in [0.3, 0.4) is 0 Å². The van der Waals surface area contributed by atoms with Gasteiger partial charge >= 0.3 is 0 Å². The number of nitriles is 1. The summed E-state index contributed by atoms with van der Waals surface area (Å²) in [5, 5.41) is 12.1. The zero-order valence-electron chi connectivity index (χ0n) is 11.4. The maximum absolute atomic E-state index is 12.2. The normalized spacial score (nSPS) is 9.76. The second-order valence-electron chi connectivity index (χ2n) is 4.34. The van der Waals surface area contributed by atoms with Crippen molar-refractivity contribution >= 4 is 17.5 Å². The zero-order chi connectivity index (χ0) is 15.2. The van der Waals surface area contributed by atoms with Crippen molar-refractivity contribution in [3.63, 3.8) is 0 Å². The summed E-state index contributed by atoms with van der Waals surface area (Å²) in [4.78, 5) is 12.2. The quantitative estimate of drug-likeness (QED) is 0.943. The van der Waals surface area contributed by atoms with Gasteiger partial charge in [-0.2, -0.15) is 5.26 Å². The van der Waals surface area contributed by atoms with Crippen LogP contribution >= 0.6 is 11.6 Å². The third kappa shape index (κ3) is 3.74. The van der Waals surface area contributed by atoms with Crippen LogP contribution in [0.25, 0.3) is 0 Å². The Labute approximate surface area is 127 Å². The Balaban J connectivity index is 2.10. The van der Waals surface area contributed by atoms with E-state index in [2.05, 4.69) is 11.4 Å². The monoisotopic (exact) mass is 300 g/mol. The summed E-state index contributed by atoms with van der Waals surface area (Å²) in [5.41, 5.74) is 1.83. The van der Waals surface area contributed by atoms with E-state index in [1.807, 2.05) is 6.07 Å². The number of nitrogens with zero attached hydrogens (tertiary/aromatic N) is 1. The molecule has 0 bridgehead atoms. The van der Waals surface area contributed by atoms with E-state index < -0.39 is 0 Å². The molecule has 4 nitrogen and oxygen atoms in total. The molecule has 2 aromatic carbocycles. The number of ether oxygens (including phenoxy) is 1. The van der Waals surface area contributed by atoms with Crippen LogP contribution in [0.5, 0.6) is 5.75 Å². The van der Waals surface area contributed by atoms with Crippen LogP contribution in [0.1, 0.15) is 21.5 Å². The molecule has 1 amide bonds. The number of halogens is 1. The van der Waals surface area contributed by atoms with Crippen LogP contribution < -0.4 is 10.1 Å². The van der Waals surface area contributed by atoms with E-state index >= 15 is 0 Å². The number of nitrogens with one attached hydrogen (secondary N) is 1. The van der Waals surface area contributed by atoms with Gasteiger partial charge in [0.15, 0.2) is 0 Å². The van der Waals surface area contributed by atoms with Crippen molar-refractivity contribution < 1.29 is 9.53 Å². The third-order valence-electron chi connectivity index (χ3n) is 2.92. The molecule has 1 N–H and O–H groups in total. The largest absolute Gasteiger partial charge is 0.496 e. The van der Waals surface area contributed by atoms with Gasteiger partial charge in [-0.15, -0.1) is 0 Å². The minimum atomic E-state index is -0.258. The van der Waals surface area contributed by atoms with Gasteiger partial charge in [-0.05, 0) is 35.9 Å². The van der Waals surface area contributed by atoms with Gasteiger partial charge in [-0.25, -0.2) is 0 Å². The van der Waals surface area contributed by atoms with Crippen LogP contribution in [-0.4, -0.2) is 13.0 Å². The van der Waals surface area contributed by atoms with E-state index in [1.54, 1.807) is 36.4 Å². The van der Waals surface area contributed by atoms with Crippen LogP contribution in [0, 0.1) is 11.3 Å². The third-order valence-corrected chi connectivity index (χ3v) is 3.15. The molecule has 0 saturated carbocycles. The van der Waals surface area contributed by atoms with Gasteiger partial charge in [-0.3, -0.25) is 4.79 Å². The summed E-state index contributed by atoms with van der Waals surface area (Å²) >= 11 is 5.86. The van der Waals surface area contributed by atoms with E-state index in [1.165, 1.54) is 7.11 Å². The molecule has 0 aromatic heterocycles. The molecule has 0 aliphatic carbocycles. The predicted molar refractivity (Wildman–Crippen MR) is 80.3 cm³/mol. The standard InChI is InChI=1S/C16H13ClN2O2/c1-21-15-8-13(17)5-6-14(15)16(20)19-10-12-4-2-3-11(7-12)9-18/h2-8H,10H2,1H3,(H,19,20). The van der Waals surface area contributed by atoms with Gasteiger partial charge < -0.3 is 10.1 Å². The Hall–Kier alpha value is -2.51. The molecule has 0 aliphatic heterocycles. The van der Waals surface area contributed by atoms with E-state index in [0.717, 1.165) is 5.56 Å². The lowest BCUT2D eigenvalue weighted by molar-refractivity contribution is 0.0948. The highest BCUT2D eigenvalue weighted by Crippen LogP contribution is 2.23. The number of hydrogen-bond acceptors (Lipinski definition) is 3. The smallest absolute Gasteiger partial charge is 0.255 e. The average molecular weight is 301 g/mol. The maximum Gasteiger partial charge on any atom is 0.255 e. The van der Waals surface area contributed by atoms with Crippen molar-refractivity contribution in [1.82, 2.24) is 5.32 Å². The summed E-state index contributed by atoms with van der Waals surface area (Å²) < 4.78 is 5.15. The van der Waals surface area contributed by atoms with Crippen molar-refractivity contribution in [1.29, 1.82) is 5.26 Å². The highest BCUT2D eigenvalue weighted by Gasteiger charge is 2.12. The van der Waals surface area contributed by atoms with Gasteiger partial charge in [-0.1, -0.05) is 23.7 Å². The van der Waals surface area contributed by atoms with Crippen molar-refractivity contribution in [3.8, 4) is 11.8 Å². The van der Waals surface area contributed by atoms with Gasteiger partial charge in [0, 0.05) is 11.6 Å². The lowest BCUT2D eigenvalue weighted by Crippen LogP contribution is -2.23. The summed E-state index contributed by atoms with van der Waals surface area (Å²) in [7, 11) is 1.48. The second-order valence-corrected chi connectivity index (χ2v) is 4.78. The maximum atomic E-state index is 12.2. The van der Waals surface area contributed by atoms with E-state index in [0.29, 0.717) is 28.4 Å². The first-order valence-electron chi connectivity index (χ1n) is 6.25. The van der Waals surface area contributed by atoms with Gasteiger partial charge in [0.2, 0.25) is 0 Å². The molecule has 0 radical (unpaired) electrons. The van der Waals surface area contributed by atoms with Crippen LogP contribution in [0.15, 0.2) is 42.5 Å². The summed E-state index contributed by atoms with van der Waals surface area (Å²) in [6.07, 6.45) is 0. The van der Waals surface area contributed by atoms with Gasteiger partial charge in [0.25, 0.3) is 5.91 Å². The SMILES string of the molecule is COc1cc(Cl)ccc1C(=O)NCc1cccc(C#N)c1. The van der Waals surface area contributed by atoms with Crippen molar-refractivity contribution in [2.24, 2.45) is 0 Å². The number of benzene rings is 2. The summed E-state index contributed by atoms with van der Waals surface area (Å²) in [5.74, 6) is 0.164. The number of methoxy groups -OCH3 is 1. The molecule has 0 saturated heterocycles. The molecule has 0 fully saturated rings. The molecule has 106 valence electrons. The number of carbonyl (C=O) groups excluding carboxylic acids is 1. The van der Waals surface area contributed by atoms with E-state index in [9.17, 15) is 4.79 Å². The van der Waals surface area contributed by atoms with Crippen molar-refractivity contribution in [2.75, 3.05) is 7.11 Å². The fourth-order valence-corrected chi connectivity index (χ4v) is 2.04. The number of amides is 1. The lowest BCUT2D eigenvalue weighted by atomic mass is 10.1. The molecule has 2 rings (SSSR count). The molecular formula is C16H13ClN2O2. The van der Waals surface area contributed by atoms with Crippen LogP contribution in [0.2, 0.25) is 5.02 Å². The minimum Gasteiger partial charge on any atom is -0.496 e. The summed E-state index contributed by atoms with van der Waals surface area (Å²) in [6, 6.07) is 14.0. The second kappa shape index (κ2) is 6.78. The molecule has 0 spiro atoms. The Morgan fingerprint density at radius 3 is 2.86 bits per heavy atom. The topological polar surface area (TPSA) is 62.1 Å². The molecule has 21 heavy (non-hydrogen) atoms. The fourth-order valence-electron chi connectivity index (χ4n) is 1.88. The first-order chi connectivity index (χ1) is 10.1. The zero-order valence-corrected chi connectivity index (χ0v) is 12.1. The van der Waals surface area contributed by atoms with E-state index in [4.69, 9.17) is 21.6 Å². The summed E-state index contributed by atoms with van der Waals surface area (Å²) in [6.45, 7) is 0.333. The molecule has 0 aliphatic rings. The Morgan fingerprint density at radius 1 is 1.33 bits per heavy atom. The van der Waals surface area contributed by atoms with Crippen molar-refractivity contribution in [3.05, 3.63) is 64.2 Å². The molecule has 0 unspecified atom stereocenters. The first kappa shape index (κ1) is 14.9. The molecular weight excluding hydrogens is 288 g/mol. The Morgan fingerprint density at radius 2 is 2.14 bits per heavy atom. The Kier molecular flexibility index (Phi) is 4.81. The molecule has 5 heteroatoms. The lowest BCUT2D eigenvalue weighted by Gasteiger charge is -2.10. The van der Waals surface area contributed by atoms with Gasteiger partial charge in [0.1, 0.15) is 5.75 Å². The van der Waals surface area contributed by atoms with Gasteiger partial charge in [0.05, 0.1) is 24.3 Å². The highest BCUT2D eigenvalue weighted by molar-refractivity contribution is 6.30. The van der Waals surface area contributed by atoms with Crippen LogP contribution in [-0.2, 0) is 6.54 Å². The molecule has 0 heterocycles. The predicted octanol–water partition coefficient (Wildman–Crippen LogP) is 3.15. The average Bonchev–Trinajstić information content (AvgIpc) is 2.52. The molecule has 2 aromatic rings. The number of rotatable bonds is 4. The molecule has 0 atom stereocenters. The van der Waals surface area contributed by atoms with E-state index in [-0.39, 0.29) is 5.91 Å². The number of hydrogen-bond donors (Lipinski definition) is 1. The highest BCUT2D eigenvalue weighted by atomic mass is 35.5. The first-order valence-corrected chi connectivity index (χ1v) is 6.62. The fraction of sp³-hybridized carbons (Fsp3) is 0.125. The van der Waals surface area contributed by atoms with Crippen molar-refractivity contribution in [2.45, 2.75) is 6.54 Å². The van der Waals surface area contributed by atoms with Crippen LogP contribution in [0.4, 0.5) is 0 Å². The number of carbonyl (C=O) groups is 1. The minimum absolute atomic E-state index is 0.258. The Bertz CT molecular complexity index is 708.